The Labute approximate surface area is 98.6 Å². The van der Waals surface area contributed by atoms with Crippen molar-refractivity contribution < 1.29 is 0 Å². The fraction of sp³-hybridized carbons (Fsp3) is 0.333. The van der Waals surface area contributed by atoms with Gasteiger partial charge in [-0.25, -0.2) is 9.97 Å². The van der Waals surface area contributed by atoms with Crippen molar-refractivity contribution in [2.45, 2.75) is 25.8 Å². The molecular formula is C12H13N3S. The summed E-state index contributed by atoms with van der Waals surface area (Å²) in [4.78, 5) is 8.85. The lowest BCUT2D eigenvalue weighted by molar-refractivity contribution is 0.899. The van der Waals surface area contributed by atoms with Crippen LogP contribution < -0.4 is 5.32 Å². The Hall–Kier alpha value is -1.42. The summed E-state index contributed by atoms with van der Waals surface area (Å²) < 4.78 is 0. The molecule has 3 nitrogen and oxygen atoms in total. The molecular weight excluding hydrogens is 218 g/mol. The molecule has 0 saturated heterocycles. The van der Waals surface area contributed by atoms with Crippen LogP contribution in [0.25, 0.3) is 0 Å². The highest BCUT2D eigenvalue weighted by Crippen LogP contribution is 2.21. The van der Waals surface area contributed by atoms with Crippen LogP contribution in [0.15, 0.2) is 23.7 Å². The van der Waals surface area contributed by atoms with Crippen molar-refractivity contribution in [3.05, 3.63) is 40.0 Å². The van der Waals surface area contributed by atoms with Gasteiger partial charge in [-0.05, 0) is 30.9 Å². The average Bonchev–Trinajstić information content (AvgIpc) is 2.97. The summed E-state index contributed by atoms with van der Waals surface area (Å²) in [6, 6.07) is 4.26. The highest BCUT2D eigenvalue weighted by atomic mass is 32.1. The number of anilines is 1. The van der Waals surface area contributed by atoms with Gasteiger partial charge in [0.25, 0.3) is 0 Å². The third-order valence-corrected chi connectivity index (χ3v) is 3.61. The van der Waals surface area contributed by atoms with E-state index in [1.54, 1.807) is 11.3 Å². The van der Waals surface area contributed by atoms with Gasteiger partial charge >= 0.3 is 0 Å². The van der Waals surface area contributed by atoms with E-state index in [4.69, 9.17) is 0 Å². The predicted octanol–water partition coefficient (Wildman–Crippen LogP) is 2.64. The molecule has 0 saturated carbocycles. The van der Waals surface area contributed by atoms with E-state index in [9.17, 15) is 0 Å². The normalized spacial score (nSPS) is 13.8. The van der Waals surface area contributed by atoms with E-state index < -0.39 is 0 Å². The zero-order valence-electron chi connectivity index (χ0n) is 8.94. The molecule has 82 valence electrons. The van der Waals surface area contributed by atoms with Crippen molar-refractivity contribution in [1.82, 2.24) is 9.97 Å². The molecule has 0 atom stereocenters. The second kappa shape index (κ2) is 4.22. The summed E-state index contributed by atoms with van der Waals surface area (Å²) >= 11 is 1.67. The van der Waals surface area contributed by atoms with E-state index in [1.807, 2.05) is 11.6 Å². The molecule has 2 heterocycles. The van der Waals surface area contributed by atoms with Crippen LogP contribution in [0.1, 0.15) is 22.7 Å². The van der Waals surface area contributed by atoms with Gasteiger partial charge in [-0.2, -0.15) is 0 Å². The van der Waals surface area contributed by atoms with Gasteiger partial charge in [0.1, 0.15) is 10.8 Å². The molecule has 4 heteroatoms. The third kappa shape index (κ3) is 1.93. The fourth-order valence-corrected chi connectivity index (χ4v) is 2.58. The number of hydrogen-bond acceptors (Lipinski definition) is 4. The molecule has 0 fully saturated rings. The van der Waals surface area contributed by atoms with E-state index in [0.29, 0.717) is 0 Å². The van der Waals surface area contributed by atoms with Crippen molar-refractivity contribution in [3.8, 4) is 0 Å². The first-order chi connectivity index (χ1) is 7.92. The van der Waals surface area contributed by atoms with Crippen LogP contribution in [0.4, 0.5) is 5.82 Å². The number of nitrogens with zero attached hydrogens (tertiary/aromatic N) is 2. The number of hydrogen-bond donors (Lipinski definition) is 1. The van der Waals surface area contributed by atoms with Gasteiger partial charge in [-0.15, -0.1) is 11.3 Å². The highest BCUT2D eigenvalue weighted by Gasteiger charge is 2.12. The van der Waals surface area contributed by atoms with Crippen molar-refractivity contribution in [2.75, 3.05) is 5.32 Å². The maximum atomic E-state index is 4.62. The zero-order valence-corrected chi connectivity index (χ0v) is 9.76. The first-order valence-electron chi connectivity index (χ1n) is 5.53. The monoisotopic (exact) mass is 231 g/mol. The molecule has 2 aromatic heterocycles. The SMILES string of the molecule is c1csc(CNc2ccc3c(n2)CCC3)n1. The van der Waals surface area contributed by atoms with Crippen molar-refractivity contribution in [3.63, 3.8) is 0 Å². The van der Waals surface area contributed by atoms with Crippen LogP contribution in [0.2, 0.25) is 0 Å². The number of fused-ring (bicyclic) bond motifs is 1. The second-order valence-electron chi connectivity index (χ2n) is 3.94. The van der Waals surface area contributed by atoms with Crippen molar-refractivity contribution >= 4 is 17.2 Å². The molecule has 1 aliphatic carbocycles. The van der Waals surface area contributed by atoms with Crippen LogP contribution in [0.5, 0.6) is 0 Å². The molecule has 2 aromatic rings. The molecule has 1 aliphatic rings. The summed E-state index contributed by atoms with van der Waals surface area (Å²) in [5, 5.41) is 6.41. The lowest BCUT2D eigenvalue weighted by atomic mass is 10.2. The van der Waals surface area contributed by atoms with E-state index >= 15 is 0 Å². The number of nitrogens with one attached hydrogen (secondary N) is 1. The lowest BCUT2D eigenvalue weighted by Gasteiger charge is -2.05. The number of thiazole rings is 1. The summed E-state index contributed by atoms with van der Waals surface area (Å²) in [7, 11) is 0. The van der Waals surface area contributed by atoms with Crippen LogP contribution in [-0.2, 0) is 19.4 Å². The highest BCUT2D eigenvalue weighted by molar-refractivity contribution is 7.09. The Balaban J connectivity index is 1.71. The summed E-state index contributed by atoms with van der Waals surface area (Å²) in [5.74, 6) is 0.968. The smallest absolute Gasteiger partial charge is 0.126 e. The van der Waals surface area contributed by atoms with Gasteiger partial charge in [-0.3, -0.25) is 0 Å². The molecule has 0 bridgehead atoms. The minimum absolute atomic E-state index is 0.767. The van der Waals surface area contributed by atoms with Gasteiger partial charge in [0, 0.05) is 17.3 Å². The predicted molar refractivity (Wildman–Crippen MR) is 65.7 cm³/mol. The quantitative estimate of drug-likeness (QED) is 0.882. The molecule has 0 aliphatic heterocycles. The van der Waals surface area contributed by atoms with Crippen LogP contribution in [0, 0.1) is 0 Å². The van der Waals surface area contributed by atoms with Crippen LogP contribution in [0.3, 0.4) is 0 Å². The van der Waals surface area contributed by atoms with Crippen molar-refractivity contribution in [1.29, 1.82) is 0 Å². The lowest BCUT2D eigenvalue weighted by Crippen LogP contribution is -2.02. The van der Waals surface area contributed by atoms with E-state index in [2.05, 4.69) is 27.4 Å². The molecule has 0 spiro atoms. The number of rotatable bonds is 3. The molecule has 3 rings (SSSR count). The number of aromatic nitrogens is 2. The Morgan fingerprint density at radius 2 is 2.31 bits per heavy atom. The Morgan fingerprint density at radius 3 is 3.19 bits per heavy atom. The molecule has 0 amide bonds. The third-order valence-electron chi connectivity index (χ3n) is 2.83. The minimum atomic E-state index is 0.767. The maximum absolute atomic E-state index is 4.62. The van der Waals surface area contributed by atoms with Gasteiger partial charge in [-0.1, -0.05) is 6.07 Å². The van der Waals surface area contributed by atoms with E-state index in [1.165, 1.54) is 24.1 Å². The first kappa shape index (κ1) is 9.78. The fourth-order valence-electron chi connectivity index (χ4n) is 2.03. The average molecular weight is 231 g/mol. The summed E-state index contributed by atoms with van der Waals surface area (Å²) in [6.07, 6.45) is 5.40. The van der Waals surface area contributed by atoms with Gasteiger partial charge in [0.05, 0.1) is 6.54 Å². The standard InChI is InChI=1S/C12H13N3S/c1-2-9-4-5-11(15-10(9)3-1)14-8-12-13-6-7-16-12/h4-7H,1-3,8H2,(H,14,15). The Bertz CT molecular complexity index is 479. The molecule has 0 aromatic carbocycles. The second-order valence-corrected chi connectivity index (χ2v) is 4.91. The minimum Gasteiger partial charge on any atom is -0.364 e. The summed E-state index contributed by atoms with van der Waals surface area (Å²) in [6.45, 7) is 0.767. The zero-order chi connectivity index (χ0) is 10.8. The topological polar surface area (TPSA) is 37.8 Å². The van der Waals surface area contributed by atoms with Crippen LogP contribution in [-0.4, -0.2) is 9.97 Å². The largest absolute Gasteiger partial charge is 0.364 e. The molecule has 16 heavy (non-hydrogen) atoms. The molecule has 1 N–H and O–H groups in total. The number of aryl methyl sites for hydroxylation is 2. The molecule has 0 unspecified atom stereocenters. The maximum Gasteiger partial charge on any atom is 0.126 e. The van der Waals surface area contributed by atoms with E-state index in [-0.39, 0.29) is 0 Å². The van der Waals surface area contributed by atoms with Crippen molar-refractivity contribution in [2.24, 2.45) is 0 Å². The van der Waals surface area contributed by atoms with E-state index in [0.717, 1.165) is 23.8 Å². The Morgan fingerprint density at radius 1 is 1.31 bits per heavy atom. The summed E-state index contributed by atoms with van der Waals surface area (Å²) in [5.41, 5.74) is 2.68. The molecule has 0 radical (unpaired) electrons. The van der Waals surface area contributed by atoms with Gasteiger partial charge in [0.15, 0.2) is 0 Å². The Kier molecular flexibility index (Phi) is 2.58. The van der Waals surface area contributed by atoms with Gasteiger partial charge in [0.2, 0.25) is 0 Å². The van der Waals surface area contributed by atoms with Crippen LogP contribution >= 0.6 is 11.3 Å². The van der Waals surface area contributed by atoms with Gasteiger partial charge < -0.3 is 5.32 Å². The number of pyridine rings is 1. The first-order valence-corrected chi connectivity index (χ1v) is 6.41.